The van der Waals surface area contributed by atoms with Gasteiger partial charge < -0.3 is 10.0 Å². The number of hydrogen-bond acceptors (Lipinski definition) is 3. The molecule has 3 nitrogen and oxygen atoms in total. The summed E-state index contributed by atoms with van der Waals surface area (Å²) in [6.07, 6.45) is 3.65. The summed E-state index contributed by atoms with van der Waals surface area (Å²) >= 11 is 1.76. The number of aliphatic hydroxyl groups is 1. The van der Waals surface area contributed by atoms with Crippen molar-refractivity contribution in [2.45, 2.75) is 45.3 Å². The summed E-state index contributed by atoms with van der Waals surface area (Å²) in [6, 6.07) is 0.321. The summed E-state index contributed by atoms with van der Waals surface area (Å²) in [6.45, 7) is 3.81. The van der Waals surface area contributed by atoms with Gasteiger partial charge in [-0.2, -0.15) is 11.8 Å². The van der Waals surface area contributed by atoms with Crippen molar-refractivity contribution in [2.75, 3.05) is 19.1 Å². The molecule has 0 aliphatic heterocycles. The maximum atomic E-state index is 11.7. The zero-order valence-corrected chi connectivity index (χ0v) is 11.0. The van der Waals surface area contributed by atoms with Gasteiger partial charge in [0.1, 0.15) is 0 Å². The van der Waals surface area contributed by atoms with E-state index in [1.165, 1.54) is 0 Å². The zero-order valence-electron chi connectivity index (χ0n) is 10.2. The van der Waals surface area contributed by atoms with Gasteiger partial charge in [-0.3, -0.25) is 4.79 Å². The second-order valence-corrected chi connectivity index (χ2v) is 4.82. The van der Waals surface area contributed by atoms with Gasteiger partial charge in [0.15, 0.2) is 0 Å². The molecule has 0 fully saturated rings. The third kappa shape index (κ3) is 6.05. The first-order chi connectivity index (χ1) is 7.02. The van der Waals surface area contributed by atoms with Gasteiger partial charge >= 0.3 is 0 Å². The van der Waals surface area contributed by atoms with Crippen LogP contribution in [0.15, 0.2) is 0 Å². The summed E-state index contributed by atoms with van der Waals surface area (Å²) in [5.41, 5.74) is 0. The highest BCUT2D eigenvalue weighted by Crippen LogP contribution is 2.10. The van der Waals surface area contributed by atoms with Crippen LogP contribution in [-0.4, -0.2) is 47.1 Å². The van der Waals surface area contributed by atoms with Crippen molar-refractivity contribution < 1.29 is 9.90 Å². The van der Waals surface area contributed by atoms with Gasteiger partial charge in [-0.05, 0) is 26.0 Å². The lowest BCUT2D eigenvalue weighted by Crippen LogP contribution is -2.38. The molecule has 90 valence electrons. The molecule has 0 rings (SSSR count). The molecular weight excluding hydrogens is 210 g/mol. The number of amides is 1. The average Bonchev–Trinajstić information content (AvgIpc) is 2.21. The Morgan fingerprint density at radius 3 is 2.53 bits per heavy atom. The minimum absolute atomic E-state index is 0.136. The molecule has 1 amide bonds. The molecule has 15 heavy (non-hydrogen) atoms. The normalized spacial score (nSPS) is 14.7. The maximum absolute atomic E-state index is 11.7. The van der Waals surface area contributed by atoms with Crippen molar-refractivity contribution in [3.05, 3.63) is 0 Å². The van der Waals surface area contributed by atoms with Gasteiger partial charge in [-0.25, -0.2) is 0 Å². The molecule has 2 atom stereocenters. The highest BCUT2D eigenvalue weighted by Gasteiger charge is 2.17. The second-order valence-electron chi connectivity index (χ2n) is 3.91. The molecule has 0 aromatic heterocycles. The van der Waals surface area contributed by atoms with Crippen molar-refractivity contribution in [3.8, 4) is 0 Å². The summed E-state index contributed by atoms with van der Waals surface area (Å²) in [5, 5.41) is 9.11. The molecule has 0 spiro atoms. The second kappa shape index (κ2) is 7.99. The van der Waals surface area contributed by atoms with Gasteiger partial charge in [0.2, 0.25) is 5.91 Å². The summed E-state index contributed by atoms with van der Waals surface area (Å²) in [4.78, 5) is 13.5. The number of aliphatic hydroxyl groups excluding tert-OH is 1. The average molecular weight is 233 g/mol. The molecule has 0 aliphatic carbocycles. The first kappa shape index (κ1) is 14.8. The van der Waals surface area contributed by atoms with Crippen LogP contribution < -0.4 is 0 Å². The monoisotopic (exact) mass is 233 g/mol. The zero-order chi connectivity index (χ0) is 11.8. The molecule has 1 N–H and O–H groups in total. The molecule has 2 unspecified atom stereocenters. The quantitative estimate of drug-likeness (QED) is 0.728. The Hall–Kier alpha value is -0.220. The van der Waals surface area contributed by atoms with Crippen molar-refractivity contribution in [1.82, 2.24) is 4.90 Å². The SMILES string of the molecule is CCC(CSC)N(C)C(=O)CCC(C)O. The van der Waals surface area contributed by atoms with E-state index in [1.54, 1.807) is 18.7 Å². The van der Waals surface area contributed by atoms with Crippen LogP contribution in [0.4, 0.5) is 0 Å². The molecule has 0 saturated heterocycles. The van der Waals surface area contributed by atoms with Gasteiger partial charge in [-0.1, -0.05) is 6.92 Å². The summed E-state index contributed by atoms with van der Waals surface area (Å²) in [5.74, 6) is 1.12. The smallest absolute Gasteiger partial charge is 0.222 e. The lowest BCUT2D eigenvalue weighted by Gasteiger charge is -2.27. The first-order valence-corrected chi connectivity index (χ1v) is 6.84. The van der Waals surface area contributed by atoms with E-state index in [0.717, 1.165) is 12.2 Å². The Kier molecular flexibility index (Phi) is 7.88. The predicted molar refractivity (Wildman–Crippen MR) is 66.1 cm³/mol. The molecule has 0 aromatic rings. The van der Waals surface area contributed by atoms with Gasteiger partial charge in [0.05, 0.1) is 6.10 Å². The van der Waals surface area contributed by atoms with Crippen molar-refractivity contribution in [2.24, 2.45) is 0 Å². The van der Waals surface area contributed by atoms with E-state index in [4.69, 9.17) is 5.11 Å². The van der Waals surface area contributed by atoms with Gasteiger partial charge in [0, 0.05) is 25.3 Å². The van der Waals surface area contributed by atoms with Crippen LogP contribution in [0.2, 0.25) is 0 Å². The number of hydrogen-bond donors (Lipinski definition) is 1. The van der Waals surface area contributed by atoms with Crippen LogP contribution in [0.3, 0.4) is 0 Å². The highest BCUT2D eigenvalue weighted by molar-refractivity contribution is 7.98. The topological polar surface area (TPSA) is 40.5 Å². The fourth-order valence-corrected chi connectivity index (χ4v) is 2.25. The van der Waals surface area contributed by atoms with Gasteiger partial charge in [-0.15, -0.1) is 0 Å². The summed E-state index contributed by atoms with van der Waals surface area (Å²) < 4.78 is 0. The van der Waals surface area contributed by atoms with E-state index in [1.807, 2.05) is 11.9 Å². The molecular formula is C11H23NO2S. The number of rotatable bonds is 7. The number of carbonyl (C=O) groups excluding carboxylic acids is 1. The third-order valence-electron chi connectivity index (χ3n) is 2.55. The third-order valence-corrected chi connectivity index (χ3v) is 3.27. The molecule has 0 saturated carbocycles. The number of carbonyl (C=O) groups is 1. The first-order valence-electron chi connectivity index (χ1n) is 5.45. The Morgan fingerprint density at radius 1 is 1.53 bits per heavy atom. The number of nitrogens with zero attached hydrogens (tertiary/aromatic N) is 1. The Morgan fingerprint density at radius 2 is 2.13 bits per heavy atom. The van der Waals surface area contributed by atoms with Crippen molar-refractivity contribution >= 4 is 17.7 Å². The molecule has 0 aliphatic rings. The van der Waals surface area contributed by atoms with Crippen molar-refractivity contribution in [1.29, 1.82) is 0 Å². The molecule has 4 heteroatoms. The van der Waals surface area contributed by atoms with E-state index < -0.39 is 0 Å². The van der Waals surface area contributed by atoms with Crippen LogP contribution >= 0.6 is 11.8 Å². The Labute approximate surface area is 97.2 Å². The lowest BCUT2D eigenvalue weighted by atomic mass is 10.1. The molecule has 0 heterocycles. The fourth-order valence-electron chi connectivity index (χ4n) is 1.41. The Bertz CT molecular complexity index is 185. The standard InChI is InChI=1S/C11H23NO2S/c1-5-10(8-15-4)12(3)11(14)7-6-9(2)13/h9-10,13H,5-8H2,1-4H3. The van der Waals surface area contributed by atoms with Gasteiger partial charge in [0.25, 0.3) is 0 Å². The van der Waals surface area contributed by atoms with Crippen molar-refractivity contribution in [3.63, 3.8) is 0 Å². The van der Waals surface area contributed by atoms with Crippen LogP contribution in [0.25, 0.3) is 0 Å². The van der Waals surface area contributed by atoms with Crippen LogP contribution in [0, 0.1) is 0 Å². The lowest BCUT2D eigenvalue weighted by molar-refractivity contribution is -0.132. The van der Waals surface area contributed by atoms with Crippen LogP contribution in [0.1, 0.15) is 33.1 Å². The van der Waals surface area contributed by atoms with Crippen LogP contribution in [0.5, 0.6) is 0 Å². The molecule has 0 bridgehead atoms. The Balaban J connectivity index is 4.04. The van der Waals surface area contributed by atoms with E-state index in [-0.39, 0.29) is 12.0 Å². The van der Waals surface area contributed by atoms with E-state index in [2.05, 4.69) is 13.2 Å². The summed E-state index contributed by atoms with van der Waals surface area (Å²) in [7, 11) is 1.86. The minimum Gasteiger partial charge on any atom is -0.393 e. The largest absolute Gasteiger partial charge is 0.393 e. The predicted octanol–water partition coefficient (Wildman–Crippen LogP) is 1.75. The molecule has 0 aromatic carbocycles. The number of thioether (sulfide) groups is 1. The van der Waals surface area contributed by atoms with Crippen LogP contribution in [-0.2, 0) is 4.79 Å². The maximum Gasteiger partial charge on any atom is 0.222 e. The van der Waals surface area contributed by atoms with E-state index in [9.17, 15) is 4.79 Å². The highest BCUT2D eigenvalue weighted by atomic mass is 32.2. The van der Waals surface area contributed by atoms with E-state index >= 15 is 0 Å². The molecule has 0 radical (unpaired) electrons. The fraction of sp³-hybridized carbons (Fsp3) is 0.909. The minimum atomic E-state index is -0.386. The van der Waals surface area contributed by atoms with E-state index in [0.29, 0.717) is 18.9 Å².